The van der Waals surface area contributed by atoms with Gasteiger partial charge in [-0.3, -0.25) is 0 Å². The van der Waals surface area contributed by atoms with Gasteiger partial charge in [0, 0.05) is 16.6 Å². The molecule has 1 N–H and O–H groups in total. The fraction of sp³-hybridized carbons (Fsp3) is 0.625. The Labute approximate surface area is 126 Å². The Morgan fingerprint density at radius 2 is 2.11 bits per heavy atom. The highest BCUT2D eigenvalue weighted by Gasteiger charge is 2.05. The van der Waals surface area contributed by atoms with Crippen LogP contribution in [0.5, 0.6) is 5.75 Å². The first-order chi connectivity index (χ1) is 9.13. The molecule has 0 heterocycles. The molecule has 0 unspecified atom stereocenters. The van der Waals surface area contributed by atoms with E-state index < -0.39 is 0 Å². The predicted molar refractivity (Wildman–Crippen MR) is 85.7 cm³/mol. The van der Waals surface area contributed by atoms with Gasteiger partial charge >= 0.3 is 0 Å². The van der Waals surface area contributed by atoms with Gasteiger partial charge in [-0.15, -0.1) is 0 Å². The predicted octanol–water partition coefficient (Wildman–Crippen LogP) is 4.76. The van der Waals surface area contributed by atoms with Crippen LogP contribution in [0.3, 0.4) is 0 Å². The van der Waals surface area contributed by atoms with Gasteiger partial charge in [0.1, 0.15) is 5.75 Å². The number of halogens is 1. The maximum atomic E-state index is 5.91. The van der Waals surface area contributed by atoms with Gasteiger partial charge in [0.15, 0.2) is 0 Å². The van der Waals surface area contributed by atoms with Crippen molar-refractivity contribution in [2.45, 2.75) is 46.6 Å². The molecule has 0 bridgehead atoms. The molecule has 0 aliphatic carbocycles. The molecule has 0 aliphatic rings. The van der Waals surface area contributed by atoms with Gasteiger partial charge in [0.05, 0.1) is 6.61 Å². The van der Waals surface area contributed by atoms with E-state index in [1.807, 2.05) is 6.07 Å². The number of nitrogens with one attached hydrogen (secondary N) is 1. The van der Waals surface area contributed by atoms with Crippen molar-refractivity contribution in [2.75, 3.05) is 13.2 Å². The Bertz CT molecular complexity index is 366. The van der Waals surface area contributed by atoms with Crippen molar-refractivity contribution < 1.29 is 4.74 Å². The van der Waals surface area contributed by atoms with E-state index in [4.69, 9.17) is 4.74 Å². The van der Waals surface area contributed by atoms with Gasteiger partial charge in [-0.25, -0.2) is 0 Å². The minimum Gasteiger partial charge on any atom is -0.493 e. The van der Waals surface area contributed by atoms with Crippen LogP contribution in [0.15, 0.2) is 22.7 Å². The number of hydrogen-bond donors (Lipinski definition) is 1. The summed E-state index contributed by atoms with van der Waals surface area (Å²) in [6, 6.07) is 6.24. The molecule has 0 aliphatic heterocycles. The Hall–Kier alpha value is -0.540. The van der Waals surface area contributed by atoms with Gasteiger partial charge in [0.2, 0.25) is 0 Å². The lowest BCUT2D eigenvalue weighted by Crippen LogP contribution is -2.15. The second-order valence-electron chi connectivity index (χ2n) is 5.31. The van der Waals surface area contributed by atoms with Crippen LogP contribution in [-0.4, -0.2) is 13.2 Å². The van der Waals surface area contributed by atoms with E-state index in [-0.39, 0.29) is 0 Å². The van der Waals surface area contributed by atoms with E-state index in [1.165, 1.54) is 12.0 Å². The number of hydrogen-bond acceptors (Lipinski definition) is 2. The van der Waals surface area contributed by atoms with Crippen LogP contribution in [-0.2, 0) is 6.54 Å². The van der Waals surface area contributed by atoms with Crippen LogP contribution < -0.4 is 10.1 Å². The van der Waals surface area contributed by atoms with Crippen molar-refractivity contribution in [1.29, 1.82) is 0 Å². The fourth-order valence-corrected chi connectivity index (χ4v) is 2.31. The SMILES string of the molecule is CCCNCc1cc(Br)ccc1OCCCC(C)C. The summed E-state index contributed by atoms with van der Waals surface area (Å²) in [5.41, 5.74) is 1.23. The molecule has 0 atom stereocenters. The molecule has 1 aromatic rings. The van der Waals surface area contributed by atoms with Gasteiger partial charge in [-0.1, -0.05) is 36.7 Å². The highest BCUT2D eigenvalue weighted by atomic mass is 79.9. The number of benzene rings is 1. The first kappa shape index (κ1) is 16.5. The van der Waals surface area contributed by atoms with Crippen molar-refractivity contribution in [3.8, 4) is 5.75 Å². The molecule has 1 aromatic carbocycles. The number of rotatable bonds is 9. The maximum absolute atomic E-state index is 5.91. The zero-order valence-corrected chi connectivity index (χ0v) is 13.9. The first-order valence-corrected chi connectivity index (χ1v) is 8.04. The van der Waals surface area contributed by atoms with Gasteiger partial charge in [-0.2, -0.15) is 0 Å². The summed E-state index contributed by atoms with van der Waals surface area (Å²) in [5.74, 6) is 1.76. The minimum absolute atomic E-state index is 0.749. The van der Waals surface area contributed by atoms with Crippen LogP contribution in [0, 0.1) is 5.92 Å². The van der Waals surface area contributed by atoms with Crippen LogP contribution in [0.25, 0.3) is 0 Å². The van der Waals surface area contributed by atoms with E-state index in [1.54, 1.807) is 0 Å². The quantitative estimate of drug-likeness (QED) is 0.660. The summed E-state index contributed by atoms with van der Waals surface area (Å²) >= 11 is 3.52. The van der Waals surface area contributed by atoms with E-state index in [9.17, 15) is 0 Å². The average Bonchev–Trinajstić information content (AvgIpc) is 2.36. The van der Waals surface area contributed by atoms with E-state index in [0.29, 0.717) is 0 Å². The molecule has 0 radical (unpaired) electrons. The lowest BCUT2D eigenvalue weighted by molar-refractivity contribution is 0.294. The van der Waals surface area contributed by atoms with Crippen LogP contribution in [0.1, 0.15) is 45.6 Å². The maximum Gasteiger partial charge on any atom is 0.123 e. The molecule has 0 saturated carbocycles. The molecule has 108 valence electrons. The molecule has 19 heavy (non-hydrogen) atoms. The summed E-state index contributed by atoms with van der Waals surface area (Å²) in [6.45, 7) is 9.39. The summed E-state index contributed by atoms with van der Waals surface area (Å²) in [5, 5.41) is 3.43. The van der Waals surface area contributed by atoms with Gasteiger partial charge in [-0.05, 0) is 49.9 Å². The third-order valence-electron chi connectivity index (χ3n) is 2.95. The summed E-state index contributed by atoms with van der Waals surface area (Å²) in [4.78, 5) is 0. The Balaban J connectivity index is 2.50. The Kier molecular flexibility index (Phi) is 8.15. The molecule has 0 aromatic heterocycles. The molecule has 2 nitrogen and oxygen atoms in total. The van der Waals surface area contributed by atoms with Gasteiger partial charge < -0.3 is 10.1 Å². The zero-order chi connectivity index (χ0) is 14.1. The summed E-state index contributed by atoms with van der Waals surface area (Å²) < 4.78 is 7.02. The topological polar surface area (TPSA) is 21.3 Å². The Morgan fingerprint density at radius 3 is 2.79 bits per heavy atom. The third kappa shape index (κ3) is 6.98. The van der Waals surface area contributed by atoms with Crippen molar-refractivity contribution in [2.24, 2.45) is 5.92 Å². The molecule has 3 heteroatoms. The standard InChI is InChI=1S/C16H26BrNO/c1-4-9-18-12-14-11-15(17)7-8-16(14)19-10-5-6-13(2)3/h7-8,11,13,18H,4-6,9-10,12H2,1-3H3. The summed E-state index contributed by atoms with van der Waals surface area (Å²) in [6.07, 6.45) is 3.49. The lowest BCUT2D eigenvalue weighted by Gasteiger charge is -2.13. The highest BCUT2D eigenvalue weighted by Crippen LogP contribution is 2.23. The molecule has 0 amide bonds. The normalized spacial score (nSPS) is 11.0. The molecular formula is C16H26BrNO. The first-order valence-electron chi connectivity index (χ1n) is 7.25. The lowest BCUT2D eigenvalue weighted by atomic mass is 10.1. The number of ether oxygens (including phenoxy) is 1. The molecule has 0 spiro atoms. The highest BCUT2D eigenvalue weighted by molar-refractivity contribution is 9.10. The van der Waals surface area contributed by atoms with E-state index >= 15 is 0 Å². The smallest absolute Gasteiger partial charge is 0.123 e. The van der Waals surface area contributed by atoms with Crippen LogP contribution in [0.2, 0.25) is 0 Å². The second-order valence-corrected chi connectivity index (χ2v) is 6.23. The van der Waals surface area contributed by atoms with Crippen molar-refractivity contribution in [3.05, 3.63) is 28.2 Å². The average molecular weight is 328 g/mol. The molecule has 0 fully saturated rings. The van der Waals surface area contributed by atoms with Gasteiger partial charge in [0.25, 0.3) is 0 Å². The zero-order valence-electron chi connectivity index (χ0n) is 12.3. The van der Waals surface area contributed by atoms with Crippen molar-refractivity contribution in [1.82, 2.24) is 5.32 Å². The molecule has 0 saturated heterocycles. The third-order valence-corrected chi connectivity index (χ3v) is 3.44. The van der Waals surface area contributed by atoms with E-state index in [0.717, 1.165) is 48.7 Å². The second kappa shape index (κ2) is 9.38. The van der Waals surface area contributed by atoms with Crippen molar-refractivity contribution in [3.63, 3.8) is 0 Å². The summed E-state index contributed by atoms with van der Waals surface area (Å²) in [7, 11) is 0. The Morgan fingerprint density at radius 1 is 1.32 bits per heavy atom. The van der Waals surface area contributed by atoms with E-state index in [2.05, 4.69) is 54.2 Å². The fourth-order valence-electron chi connectivity index (χ4n) is 1.90. The largest absolute Gasteiger partial charge is 0.493 e. The monoisotopic (exact) mass is 327 g/mol. The minimum atomic E-state index is 0.749. The van der Waals surface area contributed by atoms with Crippen LogP contribution in [0.4, 0.5) is 0 Å². The molecular weight excluding hydrogens is 302 g/mol. The molecule has 1 rings (SSSR count). The van der Waals surface area contributed by atoms with Crippen LogP contribution >= 0.6 is 15.9 Å². The van der Waals surface area contributed by atoms with Crippen molar-refractivity contribution >= 4 is 15.9 Å².